The number of halogens is 1. The Morgan fingerprint density at radius 2 is 2.23 bits per heavy atom. The Hall–Kier alpha value is -0.680. The minimum absolute atomic E-state index is 0.129. The predicted octanol–water partition coefficient (Wildman–Crippen LogP) is 1.04. The van der Waals surface area contributed by atoms with E-state index in [-0.39, 0.29) is 5.75 Å². The molecule has 0 aliphatic rings. The molecule has 0 aliphatic heterocycles. The van der Waals surface area contributed by atoms with Gasteiger partial charge in [-0.1, -0.05) is 22.0 Å². The zero-order chi connectivity index (χ0) is 9.84. The number of carbonyl (C=O) groups excluding carboxylic acids is 1. The van der Waals surface area contributed by atoms with Crippen LogP contribution in [-0.2, 0) is 15.6 Å². The standard InChI is InChI=1S/C8H8BrNO2S/c9-6-2-1-3-7(4-6)13(12)5-8(10)11/h1-4H,5H2,(H2,10,11). The van der Waals surface area contributed by atoms with Crippen molar-refractivity contribution in [1.29, 1.82) is 0 Å². The monoisotopic (exact) mass is 261 g/mol. The first kappa shape index (κ1) is 10.4. The molecule has 13 heavy (non-hydrogen) atoms. The van der Waals surface area contributed by atoms with Crippen LogP contribution in [0.3, 0.4) is 0 Å². The van der Waals surface area contributed by atoms with Gasteiger partial charge in [0.15, 0.2) is 0 Å². The summed E-state index contributed by atoms with van der Waals surface area (Å²) in [7, 11) is -1.33. The molecule has 1 aromatic rings. The molecule has 0 bridgehead atoms. The van der Waals surface area contributed by atoms with E-state index < -0.39 is 16.7 Å². The number of rotatable bonds is 3. The van der Waals surface area contributed by atoms with E-state index in [9.17, 15) is 9.00 Å². The third-order valence-corrected chi connectivity index (χ3v) is 3.15. The number of amides is 1. The first-order valence-electron chi connectivity index (χ1n) is 3.52. The molecule has 1 unspecified atom stereocenters. The van der Waals surface area contributed by atoms with E-state index >= 15 is 0 Å². The minimum atomic E-state index is -1.33. The lowest BCUT2D eigenvalue weighted by Crippen LogP contribution is -2.19. The zero-order valence-corrected chi connectivity index (χ0v) is 9.10. The quantitative estimate of drug-likeness (QED) is 0.884. The van der Waals surface area contributed by atoms with Gasteiger partial charge in [-0.05, 0) is 18.2 Å². The highest BCUT2D eigenvalue weighted by atomic mass is 79.9. The van der Waals surface area contributed by atoms with Crippen molar-refractivity contribution in [3.8, 4) is 0 Å². The second-order valence-electron chi connectivity index (χ2n) is 2.41. The summed E-state index contributed by atoms with van der Waals surface area (Å²) >= 11 is 3.25. The van der Waals surface area contributed by atoms with Crippen LogP contribution >= 0.6 is 15.9 Å². The first-order valence-corrected chi connectivity index (χ1v) is 5.63. The largest absolute Gasteiger partial charge is 0.369 e. The third-order valence-electron chi connectivity index (χ3n) is 1.33. The number of hydrogen-bond acceptors (Lipinski definition) is 2. The van der Waals surface area contributed by atoms with Gasteiger partial charge >= 0.3 is 0 Å². The Kier molecular flexibility index (Phi) is 3.62. The van der Waals surface area contributed by atoms with E-state index in [0.717, 1.165) is 4.47 Å². The number of carbonyl (C=O) groups is 1. The summed E-state index contributed by atoms with van der Waals surface area (Å²) in [6, 6.07) is 6.99. The summed E-state index contributed by atoms with van der Waals surface area (Å²) in [6.07, 6.45) is 0. The summed E-state index contributed by atoms with van der Waals surface area (Å²) in [4.78, 5) is 11.1. The van der Waals surface area contributed by atoms with Gasteiger partial charge in [0.1, 0.15) is 5.75 Å². The minimum Gasteiger partial charge on any atom is -0.369 e. The molecule has 1 amide bonds. The van der Waals surface area contributed by atoms with E-state index in [4.69, 9.17) is 5.73 Å². The Morgan fingerprint density at radius 3 is 2.77 bits per heavy atom. The van der Waals surface area contributed by atoms with E-state index in [1.165, 1.54) is 0 Å². The van der Waals surface area contributed by atoms with Gasteiger partial charge in [0.25, 0.3) is 0 Å². The average Bonchev–Trinajstić information content (AvgIpc) is 2.03. The fraction of sp³-hybridized carbons (Fsp3) is 0.125. The molecule has 0 heterocycles. The van der Waals surface area contributed by atoms with Gasteiger partial charge in [0.2, 0.25) is 5.91 Å². The highest BCUT2D eigenvalue weighted by Crippen LogP contribution is 2.14. The van der Waals surface area contributed by atoms with E-state index in [2.05, 4.69) is 15.9 Å². The van der Waals surface area contributed by atoms with Crippen molar-refractivity contribution in [3.05, 3.63) is 28.7 Å². The Morgan fingerprint density at radius 1 is 1.54 bits per heavy atom. The molecule has 0 saturated heterocycles. The van der Waals surface area contributed by atoms with Crippen molar-refractivity contribution in [2.24, 2.45) is 5.73 Å². The summed E-state index contributed by atoms with van der Waals surface area (Å²) in [5.41, 5.74) is 4.93. The van der Waals surface area contributed by atoms with Crippen LogP contribution in [0.1, 0.15) is 0 Å². The smallest absolute Gasteiger partial charge is 0.230 e. The van der Waals surface area contributed by atoms with Gasteiger partial charge in [-0.15, -0.1) is 0 Å². The number of primary amides is 1. The van der Waals surface area contributed by atoms with Gasteiger partial charge in [-0.2, -0.15) is 0 Å². The molecule has 0 aromatic heterocycles. The maximum atomic E-state index is 11.4. The lowest BCUT2D eigenvalue weighted by molar-refractivity contribution is -0.115. The SMILES string of the molecule is NC(=O)CS(=O)c1cccc(Br)c1. The molecule has 0 saturated carbocycles. The number of benzene rings is 1. The van der Waals surface area contributed by atoms with Crippen LogP contribution in [0.15, 0.2) is 33.6 Å². The van der Waals surface area contributed by atoms with Crippen molar-refractivity contribution in [3.63, 3.8) is 0 Å². The molecular weight excluding hydrogens is 254 g/mol. The fourth-order valence-electron chi connectivity index (χ4n) is 0.821. The molecule has 70 valence electrons. The average molecular weight is 262 g/mol. The van der Waals surface area contributed by atoms with Crippen LogP contribution in [0, 0.1) is 0 Å². The molecule has 0 aliphatic carbocycles. The van der Waals surface area contributed by atoms with Gasteiger partial charge < -0.3 is 5.73 Å². The van der Waals surface area contributed by atoms with Gasteiger partial charge in [-0.25, -0.2) is 0 Å². The predicted molar refractivity (Wildman–Crippen MR) is 54.6 cm³/mol. The van der Waals surface area contributed by atoms with Gasteiger partial charge in [0.05, 0.1) is 10.8 Å². The second-order valence-corrected chi connectivity index (χ2v) is 4.78. The highest BCUT2D eigenvalue weighted by molar-refractivity contribution is 9.10. The lowest BCUT2D eigenvalue weighted by atomic mass is 10.4. The van der Waals surface area contributed by atoms with Crippen molar-refractivity contribution in [2.45, 2.75) is 4.90 Å². The van der Waals surface area contributed by atoms with Crippen LogP contribution in [0.25, 0.3) is 0 Å². The summed E-state index contributed by atoms with van der Waals surface area (Å²) in [5.74, 6) is -0.686. The van der Waals surface area contributed by atoms with Gasteiger partial charge in [-0.3, -0.25) is 9.00 Å². The molecule has 1 rings (SSSR count). The van der Waals surface area contributed by atoms with Crippen molar-refractivity contribution in [1.82, 2.24) is 0 Å². The Balaban J connectivity index is 2.83. The van der Waals surface area contributed by atoms with Crippen molar-refractivity contribution >= 4 is 32.6 Å². The Bertz CT molecular complexity index is 354. The molecular formula is C8H8BrNO2S. The fourth-order valence-corrected chi connectivity index (χ4v) is 2.29. The summed E-state index contributed by atoms with van der Waals surface area (Å²) < 4.78 is 12.2. The summed E-state index contributed by atoms with van der Waals surface area (Å²) in [6.45, 7) is 0. The van der Waals surface area contributed by atoms with Crippen molar-refractivity contribution < 1.29 is 9.00 Å². The normalized spacial score (nSPS) is 12.4. The second kappa shape index (κ2) is 4.53. The van der Waals surface area contributed by atoms with E-state index in [1.807, 2.05) is 6.07 Å². The number of nitrogens with two attached hydrogens (primary N) is 1. The van der Waals surface area contributed by atoms with Crippen LogP contribution in [0.4, 0.5) is 0 Å². The Labute approximate surface area is 86.9 Å². The third kappa shape index (κ3) is 3.28. The van der Waals surface area contributed by atoms with Crippen LogP contribution in [0.2, 0.25) is 0 Å². The molecule has 0 fully saturated rings. The van der Waals surface area contributed by atoms with E-state index in [0.29, 0.717) is 4.90 Å². The molecule has 2 N–H and O–H groups in total. The molecule has 0 spiro atoms. The first-order chi connectivity index (χ1) is 6.09. The number of hydrogen-bond donors (Lipinski definition) is 1. The van der Waals surface area contributed by atoms with Crippen molar-refractivity contribution in [2.75, 3.05) is 5.75 Å². The maximum absolute atomic E-state index is 11.4. The topological polar surface area (TPSA) is 60.2 Å². The highest BCUT2D eigenvalue weighted by Gasteiger charge is 2.06. The molecule has 0 radical (unpaired) electrons. The molecule has 1 atom stereocenters. The van der Waals surface area contributed by atoms with E-state index in [1.54, 1.807) is 18.2 Å². The van der Waals surface area contributed by atoms with Gasteiger partial charge in [0, 0.05) is 9.37 Å². The maximum Gasteiger partial charge on any atom is 0.230 e. The summed E-state index contributed by atoms with van der Waals surface area (Å²) in [5, 5.41) is 0. The molecule has 5 heteroatoms. The zero-order valence-electron chi connectivity index (χ0n) is 6.70. The van der Waals surface area contributed by atoms with Crippen LogP contribution < -0.4 is 5.73 Å². The molecule has 1 aromatic carbocycles. The van der Waals surface area contributed by atoms with Crippen LogP contribution in [0.5, 0.6) is 0 Å². The molecule has 3 nitrogen and oxygen atoms in total. The lowest BCUT2D eigenvalue weighted by Gasteiger charge is -1.99. The van der Waals surface area contributed by atoms with Crippen LogP contribution in [-0.4, -0.2) is 15.9 Å².